The van der Waals surface area contributed by atoms with E-state index in [1.54, 1.807) is 0 Å². The molecule has 0 saturated carbocycles. The van der Waals surface area contributed by atoms with Gasteiger partial charge in [-0.1, -0.05) is 6.08 Å². The first-order valence-electron chi connectivity index (χ1n) is 5.25. The number of nitrogens with one attached hydrogen (secondary N) is 1. The van der Waals surface area contributed by atoms with Crippen LogP contribution >= 0.6 is 0 Å². The van der Waals surface area contributed by atoms with Crippen LogP contribution in [-0.4, -0.2) is 31.8 Å². The Kier molecular flexibility index (Phi) is 4.49. The number of hydrogen-bond acceptors (Lipinski definition) is 4. The number of carbonyl (C=O) groups is 1. The minimum absolute atomic E-state index is 0.198. The van der Waals surface area contributed by atoms with Crippen LogP contribution in [0.25, 0.3) is 0 Å². The number of anilines is 1. The first-order chi connectivity index (χ1) is 8.34. The Balaban J connectivity index is 2.86. The third-order valence-corrected chi connectivity index (χ3v) is 3.45. The third kappa shape index (κ3) is 3.89. The van der Waals surface area contributed by atoms with Crippen molar-refractivity contribution in [2.75, 3.05) is 11.6 Å². The fraction of sp³-hybridized carbons (Fsp3) is 0.250. The van der Waals surface area contributed by atoms with E-state index in [1.165, 1.54) is 30.3 Å². The zero-order chi connectivity index (χ0) is 13.8. The summed E-state index contributed by atoms with van der Waals surface area (Å²) in [4.78, 5) is 11.1. The summed E-state index contributed by atoms with van der Waals surface area (Å²) in [6, 6.07) is 5.17. The lowest BCUT2D eigenvalue weighted by Crippen LogP contribution is -2.28. The van der Waals surface area contributed by atoms with Crippen molar-refractivity contribution in [2.24, 2.45) is 0 Å². The molecule has 6 heteroatoms. The first kappa shape index (κ1) is 14.2. The average Bonchev–Trinajstić information content (AvgIpc) is 2.28. The largest absolute Gasteiger partial charge is 0.480 e. The van der Waals surface area contributed by atoms with Crippen LogP contribution in [0, 0.1) is 0 Å². The van der Waals surface area contributed by atoms with Crippen molar-refractivity contribution >= 4 is 21.5 Å². The standard InChI is InChI=1S/C12H15NO4S/c1-3-4-11(12(14)15)13-9-5-7-10(8-6-9)18(2,16)17/h3,5-8,11,13H,1,4H2,2H3,(H,14,15). The summed E-state index contributed by atoms with van der Waals surface area (Å²) in [6.07, 6.45) is 2.91. The quantitative estimate of drug-likeness (QED) is 0.765. The molecule has 5 nitrogen and oxygen atoms in total. The van der Waals surface area contributed by atoms with Gasteiger partial charge in [0, 0.05) is 11.9 Å². The highest BCUT2D eigenvalue weighted by atomic mass is 32.2. The summed E-state index contributed by atoms with van der Waals surface area (Å²) in [6.45, 7) is 3.49. The fourth-order valence-corrected chi connectivity index (χ4v) is 2.02. The van der Waals surface area contributed by atoms with E-state index in [4.69, 9.17) is 5.11 Å². The SMILES string of the molecule is C=CCC(Nc1ccc(S(C)(=O)=O)cc1)C(=O)O. The van der Waals surface area contributed by atoms with Crippen LogP contribution in [-0.2, 0) is 14.6 Å². The Morgan fingerprint density at radius 3 is 2.39 bits per heavy atom. The number of carboxylic acids is 1. The molecule has 0 heterocycles. The number of carboxylic acid groups (broad SMARTS) is 1. The minimum atomic E-state index is -3.23. The average molecular weight is 269 g/mol. The van der Waals surface area contributed by atoms with Crippen LogP contribution < -0.4 is 5.32 Å². The molecule has 2 N–H and O–H groups in total. The van der Waals surface area contributed by atoms with Crippen LogP contribution in [0.15, 0.2) is 41.8 Å². The molecular weight excluding hydrogens is 254 g/mol. The maximum absolute atomic E-state index is 11.2. The van der Waals surface area contributed by atoms with Crippen molar-refractivity contribution in [3.63, 3.8) is 0 Å². The Labute approximate surface area is 106 Å². The van der Waals surface area contributed by atoms with E-state index in [1.807, 2.05) is 0 Å². The Morgan fingerprint density at radius 2 is 2.00 bits per heavy atom. The molecule has 0 aliphatic heterocycles. The lowest BCUT2D eigenvalue weighted by Gasteiger charge is -2.14. The predicted molar refractivity (Wildman–Crippen MR) is 69.4 cm³/mol. The molecule has 1 aromatic rings. The highest BCUT2D eigenvalue weighted by molar-refractivity contribution is 7.90. The van der Waals surface area contributed by atoms with Gasteiger partial charge in [0.15, 0.2) is 9.84 Å². The van der Waals surface area contributed by atoms with Gasteiger partial charge < -0.3 is 10.4 Å². The maximum atomic E-state index is 11.2. The second-order valence-corrected chi connectivity index (χ2v) is 5.87. The summed E-state index contributed by atoms with van der Waals surface area (Å²) in [5.74, 6) is -0.984. The van der Waals surface area contributed by atoms with Gasteiger partial charge in [-0.3, -0.25) is 0 Å². The van der Waals surface area contributed by atoms with Gasteiger partial charge in [0.05, 0.1) is 4.90 Å². The molecule has 0 spiro atoms. The van der Waals surface area contributed by atoms with Crippen LogP contribution in [0.5, 0.6) is 0 Å². The highest BCUT2D eigenvalue weighted by Gasteiger charge is 2.15. The van der Waals surface area contributed by atoms with Crippen LogP contribution in [0.3, 0.4) is 0 Å². The number of hydrogen-bond donors (Lipinski definition) is 2. The second kappa shape index (κ2) is 5.68. The number of rotatable bonds is 6. The molecule has 0 radical (unpaired) electrons. The van der Waals surface area contributed by atoms with Gasteiger partial charge >= 0.3 is 5.97 Å². The lowest BCUT2D eigenvalue weighted by atomic mass is 10.2. The monoisotopic (exact) mass is 269 g/mol. The molecule has 0 bridgehead atoms. The molecule has 1 unspecified atom stereocenters. The zero-order valence-electron chi connectivity index (χ0n) is 9.96. The third-order valence-electron chi connectivity index (χ3n) is 2.32. The van der Waals surface area contributed by atoms with Crippen molar-refractivity contribution in [1.29, 1.82) is 0 Å². The zero-order valence-corrected chi connectivity index (χ0v) is 10.8. The van der Waals surface area contributed by atoms with Crippen molar-refractivity contribution in [1.82, 2.24) is 0 Å². The molecule has 0 saturated heterocycles. The molecular formula is C12H15NO4S. The molecule has 0 aliphatic rings. The summed E-state index contributed by atoms with van der Waals surface area (Å²) in [5.41, 5.74) is 0.552. The maximum Gasteiger partial charge on any atom is 0.326 e. The Bertz CT molecular complexity index is 534. The van der Waals surface area contributed by atoms with Gasteiger partial charge in [-0.05, 0) is 30.7 Å². The predicted octanol–water partition coefficient (Wildman–Crippen LogP) is 1.53. The molecule has 0 aliphatic carbocycles. The van der Waals surface area contributed by atoms with E-state index in [0.717, 1.165) is 6.26 Å². The van der Waals surface area contributed by atoms with Crippen LogP contribution in [0.4, 0.5) is 5.69 Å². The summed E-state index contributed by atoms with van der Waals surface area (Å²) < 4.78 is 22.5. The van der Waals surface area contributed by atoms with E-state index in [-0.39, 0.29) is 11.3 Å². The number of benzene rings is 1. The lowest BCUT2D eigenvalue weighted by molar-refractivity contribution is -0.137. The Morgan fingerprint density at radius 1 is 1.44 bits per heavy atom. The molecule has 18 heavy (non-hydrogen) atoms. The smallest absolute Gasteiger partial charge is 0.326 e. The van der Waals surface area contributed by atoms with E-state index < -0.39 is 21.8 Å². The second-order valence-electron chi connectivity index (χ2n) is 3.86. The van der Waals surface area contributed by atoms with Gasteiger partial charge in [-0.2, -0.15) is 0 Å². The fourth-order valence-electron chi connectivity index (χ4n) is 1.39. The molecule has 0 fully saturated rings. The molecule has 98 valence electrons. The van der Waals surface area contributed by atoms with E-state index in [0.29, 0.717) is 5.69 Å². The van der Waals surface area contributed by atoms with Crippen molar-refractivity contribution in [3.05, 3.63) is 36.9 Å². The van der Waals surface area contributed by atoms with Gasteiger partial charge in [-0.15, -0.1) is 6.58 Å². The van der Waals surface area contributed by atoms with Gasteiger partial charge in [0.2, 0.25) is 0 Å². The first-order valence-corrected chi connectivity index (χ1v) is 7.14. The van der Waals surface area contributed by atoms with Crippen molar-refractivity contribution < 1.29 is 18.3 Å². The summed E-state index contributed by atoms with van der Waals surface area (Å²) in [5, 5.41) is 11.7. The van der Waals surface area contributed by atoms with E-state index in [9.17, 15) is 13.2 Å². The molecule has 1 atom stereocenters. The van der Waals surface area contributed by atoms with Gasteiger partial charge in [-0.25, -0.2) is 13.2 Å². The molecule has 0 amide bonds. The highest BCUT2D eigenvalue weighted by Crippen LogP contribution is 2.15. The summed E-state index contributed by atoms with van der Waals surface area (Å²) >= 11 is 0. The number of aliphatic carboxylic acids is 1. The van der Waals surface area contributed by atoms with Crippen LogP contribution in [0.2, 0.25) is 0 Å². The molecule has 0 aromatic heterocycles. The van der Waals surface area contributed by atoms with Crippen molar-refractivity contribution in [2.45, 2.75) is 17.4 Å². The summed E-state index contributed by atoms with van der Waals surface area (Å²) in [7, 11) is -3.23. The van der Waals surface area contributed by atoms with Gasteiger partial charge in [0.1, 0.15) is 6.04 Å². The Hall–Kier alpha value is -1.82. The molecule has 1 aromatic carbocycles. The minimum Gasteiger partial charge on any atom is -0.480 e. The van der Waals surface area contributed by atoms with Crippen LogP contribution in [0.1, 0.15) is 6.42 Å². The number of sulfone groups is 1. The normalized spacial score (nSPS) is 12.7. The molecule has 1 rings (SSSR count). The van der Waals surface area contributed by atoms with E-state index in [2.05, 4.69) is 11.9 Å². The topological polar surface area (TPSA) is 83.5 Å². The van der Waals surface area contributed by atoms with E-state index >= 15 is 0 Å². The van der Waals surface area contributed by atoms with Gasteiger partial charge in [0.25, 0.3) is 0 Å². The van der Waals surface area contributed by atoms with Crippen molar-refractivity contribution in [3.8, 4) is 0 Å².